The van der Waals surface area contributed by atoms with Crippen molar-refractivity contribution in [1.82, 2.24) is 25.1 Å². The minimum Gasteiger partial charge on any atom is -0.491 e. The molecule has 2 aromatic heterocycles. The summed E-state index contributed by atoms with van der Waals surface area (Å²) < 4.78 is 7.56. The van der Waals surface area contributed by atoms with Crippen molar-refractivity contribution in [3.05, 3.63) is 77.2 Å². The summed E-state index contributed by atoms with van der Waals surface area (Å²) in [6.07, 6.45) is 3.11. The number of hydrogen-bond donors (Lipinski definition) is 2. The summed E-state index contributed by atoms with van der Waals surface area (Å²) in [6, 6.07) is 17.2. The lowest BCUT2D eigenvalue weighted by Gasteiger charge is -2.18. The fraction of sp³-hybridized carbons (Fsp3) is 0.300. The minimum absolute atomic E-state index is 0.129. The molecule has 0 bridgehead atoms. The lowest BCUT2D eigenvalue weighted by molar-refractivity contribution is 0.0994. The van der Waals surface area contributed by atoms with Crippen molar-refractivity contribution in [3.63, 3.8) is 0 Å². The van der Waals surface area contributed by atoms with Gasteiger partial charge in [-0.2, -0.15) is 5.26 Å². The summed E-state index contributed by atoms with van der Waals surface area (Å²) in [5.41, 5.74) is 5.52. The molecule has 1 amide bonds. The first-order chi connectivity index (χ1) is 19.4. The van der Waals surface area contributed by atoms with Crippen molar-refractivity contribution in [1.29, 1.82) is 5.26 Å². The molecule has 1 aliphatic heterocycles. The predicted molar refractivity (Wildman–Crippen MR) is 149 cm³/mol. The number of ether oxygens (including phenoxy) is 1. The van der Waals surface area contributed by atoms with Crippen LogP contribution in [0.25, 0.3) is 22.5 Å². The highest BCUT2D eigenvalue weighted by Gasteiger charge is 2.32. The van der Waals surface area contributed by atoms with Crippen LogP contribution in [0.1, 0.15) is 45.9 Å². The molecule has 1 atom stereocenters. The number of aromatic nitrogens is 4. The second kappa shape index (κ2) is 10.5. The Bertz CT molecular complexity index is 1640. The standard InChI is InChI=1S/C30H29N7O3/c1-32-14-22(38)16-40-23-7-6-20-15-37(30(39)25(20)12-23)28-11-21(10-27(34-28)19-4-5-19)24-8-3-18(13-31)9-26(24)29-35-33-17-36(29)2/h3,6-12,17,19,22,32,38H,4-5,14-16H2,1-2H3/t22-/m1/s1. The quantitative estimate of drug-likeness (QED) is 0.334. The Hall–Kier alpha value is -4.59. The largest absolute Gasteiger partial charge is 0.491 e. The van der Waals surface area contributed by atoms with Gasteiger partial charge in [-0.3, -0.25) is 9.69 Å². The summed E-state index contributed by atoms with van der Waals surface area (Å²) in [6.45, 7) is 0.950. The number of aliphatic hydroxyl groups is 1. The predicted octanol–water partition coefficient (Wildman–Crippen LogP) is 3.41. The highest BCUT2D eigenvalue weighted by atomic mass is 16.5. The van der Waals surface area contributed by atoms with Gasteiger partial charge in [0.15, 0.2) is 5.82 Å². The Kier molecular flexibility index (Phi) is 6.76. The summed E-state index contributed by atoms with van der Waals surface area (Å²) in [7, 11) is 3.63. The lowest BCUT2D eigenvalue weighted by Crippen LogP contribution is -2.29. The minimum atomic E-state index is -0.646. The lowest BCUT2D eigenvalue weighted by atomic mass is 9.96. The molecule has 2 N–H and O–H groups in total. The second-order valence-electron chi connectivity index (χ2n) is 10.3. The van der Waals surface area contributed by atoms with Gasteiger partial charge in [0.1, 0.15) is 30.6 Å². The number of benzene rings is 2. The maximum Gasteiger partial charge on any atom is 0.260 e. The van der Waals surface area contributed by atoms with Crippen LogP contribution in [0.2, 0.25) is 0 Å². The van der Waals surface area contributed by atoms with Crippen LogP contribution in [0.3, 0.4) is 0 Å². The fourth-order valence-electron chi connectivity index (χ4n) is 5.04. The van der Waals surface area contributed by atoms with Crippen molar-refractivity contribution in [2.45, 2.75) is 31.4 Å². The molecule has 1 saturated carbocycles. The van der Waals surface area contributed by atoms with E-state index in [4.69, 9.17) is 9.72 Å². The number of nitrogens with one attached hydrogen (secondary N) is 1. The number of nitrogens with zero attached hydrogens (tertiary/aromatic N) is 6. The highest BCUT2D eigenvalue weighted by molar-refractivity contribution is 6.10. The van der Waals surface area contributed by atoms with Crippen LogP contribution in [0.5, 0.6) is 5.75 Å². The molecule has 0 spiro atoms. The van der Waals surface area contributed by atoms with Crippen LogP contribution in [0.15, 0.2) is 54.9 Å². The van der Waals surface area contributed by atoms with Crippen LogP contribution < -0.4 is 15.0 Å². The molecule has 2 aliphatic rings. The van der Waals surface area contributed by atoms with E-state index in [9.17, 15) is 15.2 Å². The molecule has 4 aromatic rings. The number of aryl methyl sites for hydroxylation is 1. The number of anilines is 1. The van der Waals surface area contributed by atoms with Crippen LogP contribution in [-0.4, -0.2) is 57.1 Å². The van der Waals surface area contributed by atoms with Gasteiger partial charge in [-0.1, -0.05) is 12.1 Å². The Morgan fingerprint density at radius 3 is 2.73 bits per heavy atom. The molecule has 40 heavy (non-hydrogen) atoms. The number of fused-ring (bicyclic) bond motifs is 1. The molecular formula is C30H29N7O3. The first-order valence-corrected chi connectivity index (χ1v) is 13.3. The van der Waals surface area contributed by atoms with Crippen LogP contribution in [0.4, 0.5) is 5.82 Å². The molecule has 1 aliphatic carbocycles. The van der Waals surface area contributed by atoms with Gasteiger partial charge in [0.05, 0.1) is 18.2 Å². The van der Waals surface area contributed by atoms with E-state index in [1.165, 1.54) is 0 Å². The van der Waals surface area contributed by atoms with E-state index in [-0.39, 0.29) is 12.5 Å². The number of nitriles is 1. The van der Waals surface area contributed by atoms with E-state index in [1.54, 1.807) is 30.4 Å². The molecule has 202 valence electrons. The van der Waals surface area contributed by atoms with Crippen LogP contribution >= 0.6 is 0 Å². The van der Waals surface area contributed by atoms with Crippen LogP contribution in [0, 0.1) is 11.3 Å². The van der Waals surface area contributed by atoms with E-state index in [1.807, 2.05) is 41.9 Å². The number of carbonyl (C=O) groups excluding carboxylic acids is 1. The van der Waals surface area contributed by atoms with E-state index < -0.39 is 6.10 Å². The Labute approximate surface area is 231 Å². The van der Waals surface area contributed by atoms with E-state index in [0.717, 1.165) is 40.8 Å². The number of rotatable bonds is 9. The van der Waals surface area contributed by atoms with Crippen LogP contribution in [-0.2, 0) is 13.6 Å². The monoisotopic (exact) mass is 535 g/mol. The Morgan fingerprint density at radius 2 is 2.00 bits per heavy atom. The maximum absolute atomic E-state index is 13.6. The Balaban J connectivity index is 1.36. The summed E-state index contributed by atoms with van der Waals surface area (Å²) in [5.74, 6) is 1.99. The fourth-order valence-corrected chi connectivity index (χ4v) is 5.04. The first-order valence-electron chi connectivity index (χ1n) is 13.3. The van der Waals surface area contributed by atoms with Gasteiger partial charge >= 0.3 is 0 Å². The third-order valence-corrected chi connectivity index (χ3v) is 7.28. The third-order valence-electron chi connectivity index (χ3n) is 7.28. The van der Waals surface area contributed by atoms with Crippen molar-refractivity contribution in [3.8, 4) is 34.3 Å². The zero-order valence-electron chi connectivity index (χ0n) is 22.3. The highest BCUT2D eigenvalue weighted by Crippen LogP contribution is 2.43. The number of likely N-dealkylation sites (N-methyl/N-ethyl adjacent to an activating group) is 1. The summed E-state index contributed by atoms with van der Waals surface area (Å²) in [5, 5.41) is 30.8. The molecule has 3 heterocycles. The molecule has 10 heteroatoms. The molecule has 0 saturated heterocycles. The topological polar surface area (TPSA) is 129 Å². The molecular weight excluding hydrogens is 506 g/mol. The van der Waals surface area contributed by atoms with Crippen molar-refractivity contribution >= 4 is 11.7 Å². The zero-order chi connectivity index (χ0) is 27.8. The molecule has 6 rings (SSSR count). The average Bonchev–Trinajstić information content (AvgIpc) is 3.66. The smallest absolute Gasteiger partial charge is 0.260 e. The zero-order valence-corrected chi connectivity index (χ0v) is 22.3. The van der Waals surface area contributed by atoms with Crippen molar-refractivity contribution in [2.24, 2.45) is 7.05 Å². The number of carbonyl (C=O) groups is 1. The summed E-state index contributed by atoms with van der Waals surface area (Å²) >= 11 is 0. The van der Waals surface area contributed by atoms with Gasteiger partial charge in [0, 0.05) is 36.3 Å². The maximum atomic E-state index is 13.6. The molecule has 10 nitrogen and oxygen atoms in total. The van der Waals surface area contributed by atoms with Gasteiger partial charge in [-0.25, -0.2) is 4.98 Å². The van der Waals surface area contributed by atoms with Crippen molar-refractivity contribution < 1.29 is 14.6 Å². The normalized spacial score (nSPS) is 15.2. The second-order valence-corrected chi connectivity index (χ2v) is 10.3. The number of pyridine rings is 1. The van der Waals surface area contributed by atoms with Gasteiger partial charge in [0.25, 0.3) is 5.91 Å². The van der Waals surface area contributed by atoms with Crippen molar-refractivity contribution in [2.75, 3.05) is 25.1 Å². The number of aliphatic hydroxyl groups excluding tert-OH is 1. The first kappa shape index (κ1) is 25.7. The SMILES string of the molecule is CNC[C@@H](O)COc1ccc2c(c1)C(=O)N(c1cc(-c3ccc(C#N)cc3-c3nncn3C)cc(C3CC3)n1)C2. The average molecular weight is 536 g/mol. The molecule has 0 unspecified atom stereocenters. The van der Waals surface area contributed by atoms with Gasteiger partial charge in [-0.05, 0) is 73.0 Å². The number of amides is 1. The molecule has 1 fully saturated rings. The van der Waals surface area contributed by atoms with E-state index >= 15 is 0 Å². The third kappa shape index (κ3) is 4.93. The molecule has 2 aromatic carbocycles. The molecule has 0 radical (unpaired) electrons. The van der Waals surface area contributed by atoms with Gasteiger partial charge in [0.2, 0.25) is 0 Å². The number of hydrogen-bond acceptors (Lipinski definition) is 8. The van der Waals surface area contributed by atoms with E-state index in [0.29, 0.717) is 47.5 Å². The van der Waals surface area contributed by atoms with E-state index in [2.05, 4.69) is 27.6 Å². The Morgan fingerprint density at radius 1 is 1.15 bits per heavy atom. The van der Waals surface area contributed by atoms with Gasteiger partial charge in [-0.15, -0.1) is 10.2 Å². The summed E-state index contributed by atoms with van der Waals surface area (Å²) in [4.78, 5) is 20.3. The van der Waals surface area contributed by atoms with Gasteiger partial charge < -0.3 is 19.7 Å².